The van der Waals surface area contributed by atoms with E-state index in [1.54, 1.807) is 30.6 Å². The van der Waals surface area contributed by atoms with E-state index in [9.17, 15) is 9.18 Å². The number of fused-ring (bicyclic) bond motifs is 1. The number of rotatable bonds is 6. The van der Waals surface area contributed by atoms with Crippen molar-refractivity contribution >= 4 is 17.2 Å². The molecule has 1 aliphatic heterocycles. The second-order valence-electron chi connectivity index (χ2n) is 10.4. The van der Waals surface area contributed by atoms with E-state index in [-0.39, 0.29) is 29.7 Å². The lowest BCUT2D eigenvalue weighted by Crippen LogP contribution is -2.33. The quantitative estimate of drug-likeness (QED) is 0.392. The summed E-state index contributed by atoms with van der Waals surface area (Å²) in [4.78, 5) is 33.5. The number of hydrogen-bond donors (Lipinski definition) is 1. The average Bonchev–Trinajstić information content (AvgIpc) is 3.22. The first-order valence-corrected chi connectivity index (χ1v) is 13.3. The monoisotopic (exact) mass is 530 g/mol. The molecule has 194 valence electrons. The Labute approximate surface area is 223 Å². The molecule has 1 amide bonds. The van der Waals surface area contributed by atoms with Gasteiger partial charge in [0.1, 0.15) is 16.8 Å². The highest BCUT2D eigenvalue weighted by Crippen LogP contribution is 2.48. The molecule has 0 bridgehead atoms. The maximum Gasteiger partial charge on any atom is 0.265 e. The highest BCUT2D eigenvalue weighted by molar-refractivity contribution is 7.17. The Hall–Kier alpha value is -3.76. The summed E-state index contributed by atoms with van der Waals surface area (Å²) >= 11 is 1.33. The number of amides is 1. The molecule has 2 fully saturated rings. The van der Waals surface area contributed by atoms with Gasteiger partial charge in [-0.1, -0.05) is 12.1 Å². The van der Waals surface area contributed by atoms with Crippen LogP contribution in [-0.2, 0) is 5.54 Å². The minimum atomic E-state index is -0.674. The highest BCUT2D eigenvalue weighted by Gasteiger charge is 2.59. The van der Waals surface area contributed by atoms with Gasteiger partial charge in [-0.25, -0.2) is 24.3 Å². The molecule has 1 saturated carbocycles. The average molecular weight is 531 g/mol. The van der Waals surface area contributed by atoms with Crippen LogP contribution in [0.5, 0.6) is 5.88 Å². The summed E-state index contributed by atoms with van der Waals surface area (Å²) in [6, 6.07) is 11.9. The Bertz CT molecular complexity index is 1490. The number of pyridine rings is 1. The van der Waals surface area contributed by atoms with Gasteiger partial charge in [-0.15, -0.1) is 11.3 Å². The van der Waals surface area contributed by atoms with Gasteiger partial charge >= 0.3 is 0 Å². The summed E-state index contributed by atoms with van der Waals surface area (Å²) < 4.78 is 19.8. The second kappa shape index (κ2) is 9.21. The van der Waals surface area contributed by atoms with E-state index in [2.05, 4.69) is 19.9 Å². The summed E-state index contributed by atoms with van der Waals surface area (Å²) in [6.45, 7) is 6.86. The number of hydrogen-bond acceptors (Lipinski definition) is 8. The number of benzene rings is 1. The maximum atomic E-state index is 13.5. The Morgan fingerprint density at radius 2 is 1.76 bits per heavy atom. The van der Waals surface area contributed by atoms with Crippen molar-refractivity contribution in [1.82, 2.24) is 24.8 Å². The van der Waals surface area contributed by atoms with Crippen molar-refractivity contribution in [1.29, 1.82) is 0 Å². The molecule has 0 spiro atoms. The van der Waals surface area contributed by atoms with Crippen LogP contribution in [-0.4, -0.2) is 49.9 Å². The standard InChI is InChI=1S/C28H27FN6O2S/c1-15-24(38-26(33-15)25-31-9-4-10-32-25)27(36)35-13-19-20(14-35)23(19)37-22-12-17(11-21(34-22)28(2,3)30)16-5-7-18(29)8-6-16/h4-12,19-20,23H,13-14,30H2,1-3H3/t19-,20+,23+. The lowest BCUT2D eigenvalue weighted by atomic mass is 9.97. The van der Waals surface area contributed by atoms with Crippen LogP contribution in [0.2, 0.25) is 0 Å². The van der Waals surface area contributed by atoms with Gasteiger partial charge in [0, 0.05) is 43.4 Å². The number of ether oxygens (including phenoxy) is 1. The highest BCUT2D eigenvalue weighted by atomic mass is 32.1. The van der Waals surface area contributed by atoms with Crippen molar-refractivity contribution in [2.45, 2.75) is 32.4 Å². The molecule has 4 heterocycles. The van der Waals surface area contributed by atoms with E-state index in [1.165, 1.54) is 23.5 Å². The molecule has 0 radical (unpaired) electrons. The number of aryl methyl sites for hydroxylation is 1. The van der Waals surface area contributed by atoms with Crippen LogP contribution in [0, 0.1) is 24.6 Å². The zero-order valence-electron chi connectivity index (χ0n) is 21.3. The van der Waals surface area contributed by atoms with E-state index in [0.29, 0.717) is 46.1 Å². The molecule has 2 N–H and O–H groups in total. The van der Waals surface area contributed by atoms with Crippen LogP contribution in [0.15, 0.2) is 54.9 Å². The van der Waals surface area contributed by atoms with Crippen LogP contribution in [0.4, 0.5) is 4.39 Å². The third kappa shape index (κ3) is 4.65. The number of nitrogens with zero attached hydrogens (tertiary/aromatic N) is 5. The Morgan fingerprint density at radius 3 is 2.42 bits per heavy atom. The third-order valence-corrected chi connectivity index (χ3v) is 8.19. The molecule has 1 saturated heterocycles. The smallest absolute Gasteiger partial charge is 0.265 e. The summed E-state index contributed by atoms with van der Waals surface area (Å²) in [5.41, 5.74) is 8.79. The third-order valence-electron chi connectivity index (χ3n) is 7.05. The van der Waals surface area contributed by atoms with E-state index < -0.39 is 5.54 Å². The van der Waals surface area contributed by atoms with Crippen molar-refractivity contribution < 1.29 is 13.9 Å². The summed E-state index contributed by atoms with van der Waals surface area (Å²) in [7, 11) is 0. The molecule has 4 aromatic rings. The molecule has 3 aromatic heterocycles. The predicted molar refractivity (Wildman–Crippen MR) is 142 cm³/mol. The van der Waals surface area contributed by atoms with E-state index in [4.69, 9.17) is 10.5 Å². The van der Waals surface area contributed by atoms with Crippen molar-refractivity contribution in [3.8, 4) is 27.8 Å². The first-order chi connectivity index (χ1) is 18.2. The normalized spacial score (nSPS) is 20.3. The molecule has 0 unspecified atom stereocenters. The molecule has 8 nitrogen and oxygen atoms in total. The van der Waals surface area contributed by atoms with Gasteiger partial charge in [0.25, 0.3) is 5.91 Å². The van der Waals surface area contributed by atoms with Gasteiger partial charge in [0.2, 0.25) is 5.88 Å². The molecule has 1 aliphatic carbocycles. The van der Waals surface area contributed by atoms with Crippen molar-refractivity contribution in [3.63, 3.8) is 0 Å². The second-order valence-corrected chi connectivity index (χ2v) is 11.4. The van der Waals surface area contributed by atoms with Crippen LogP contribution >= 0.6 is 11.3 Å². The van der Waals surface area contributed by atoms with Crippen molar-refractivity contribution in [2.24, 2.45) is 17.6 Å². The van der Waals surface area contributed by atoms with Gasteiger partial charge in [0.15, 0.2) is 10.8 Å². The number of carbonyl (C=O) groups excluding carboxylic acids is 1. The van der Waals surface area contributed by atoms with E-state index >= 15 is 0 Å². The number of piperidine rings is 1. The Kier molecular flexibility index (Phi) is 5.96. The van der Waals surface area contributed by atoms with E-state index in [1.807, 2.05) is 37.8 Å². The number of likely N-dealkylation sites (tertiary alicyclic amines) is 1. The summed E-state index contributed by atoms with van der Waals surface area (Å²) in [5.74, 6) is 1.19. The van der Waals surface area contributed by atoms with Gasteiger partial charge < -0.3 is 15.4 Å². The Morgan fingerprint density at radius 1 is 1.08 bits per heavy atom. The molecule has 38 heavy (non-hydrogen) atoms. The Balaban J connectivity index is 1.16. The van der Waals surface area contributed by atoms with E-state index in [0.717, 1.165) is 11.1 Å². The first kappa shape index (κ1) is 24.6. The fourth-order valence-corrected chi connectivity index (χ4v) is 5.88. The largest absolute Gasteiger partial charge is 0.474 e. The zero-order chi connectivity index (χ0) is 26.6. The molecular formula is C28H27FN6O2S. The van der Waals surface area contributed by atoms with Crippen LogP contribution in [0.25, 0.3) is 22.0 Å². The molecule has 10 heteroatoms. The first-order valence-electron chi connectivity index (χ1n) is 12.5. The lowest BCUT2D eigenvalue weighted by molar-refractivity contribution is 0.0755. The zero-order valence-corrected chi connectivity index (χ0v) is 22.1. The SMILES string of the molecule is Cc1nc(-c2ncccn2)sc1C(=O)N1C[C@@H]2[C@H](C1)[C@H]2Oc1cc(-c2ccc(F)cc2)cc(C(C)(C)N)n1. The minimum absolute atomic E-state index is 0.0143. The fraction of sp³-hybridized carbons (Fsp3) is 0.321. The lowest BCUT2D eigenvalue weighted by Gasteiger charge is -2.22. The topological polar surface area (TPSA) is 107 Å². The number of thiazole rings is 1. The van der Waals surface area contributed by atoms with Crippen LogP contribution < -0.4 is 10.5 Å². The molecule has 1 aromatic carbocycles. The van der Waals surface area contributed by atoms with Crippen LogP contribution in [0.3, 0.4) is 0 Å². The van der Waals surface area contributed by atoms with Crippen molar-refractivity contribution in [3.05, 3.63) is 76.9 Å². The van der Waals surface area contributed by atoms with Gasteiger partial charge in [0.05, 0.1) is 16.9 Å². The predicted octanol–water partition coefficient (Wildman–Crippen LogP) is 4.45. The summed E-state index contributed by atoms with van der Waals surface area (Å²) in [6.07, 6.45) is 3.31. The number of aromatic nitrogens is 4. The minimum Gasteiger partial charge on any atom is -0.474 e. The van der Waals surface area contributed by atoms with Crippen molar-refractivity contribution in [2.75, 3.05) is 13.1 Å². The number of halogens is 1. The number of nitrogens with two attached hydrogens (primary N) is 1. The number of carbonyl (C=O) groups is 1. The van der Waals surface area contributed by atoms with Crippen LogP contribution in [0.1, 0.15) is 34.9 Å². The summed E-state index contributed by atoms with van der Waals surface area (Å²) in [5, 5.41) is 0.641. The molecule has 6 rings (SSSR count). The van der Waals surface area contributed by atoms with Gasteiger partial charge in [-0.2, -0.15) is 0 Å². The molecule has 3 atom stereocenters. The molecule has 2 aliphatic rings. The molecular weight excluding hydrogens is 503 g/mol. The van der Waals surface area contributed by atoms with Gasteiger partial charge in [-0.3, -0.25) is 4.79 Å². The van der Waals surface area contributed by atoms with Gasteiger partial charge in [-0.05, 0) is 56.2 Å². The fourth-order valence-electron chi connectivity index (χ4n) is 4.90. The maximum absolute atomic E-state index is 13.5.